The third-order valence-corrected chi connectivity index (χ3v) is 3.27. The molecule has 0 atom stereocenters. The summed E-state index contributed by atoms with van der Waals surface area (Å²) >= 11 is 0. The Bertz CT molecular complexity index is 255. The highest BCUT2D eigenvalue weighted by Crippen LogP contribution is 2.37. The van der Waals surface area contributed by atoms with Gasteiger partial charge in [-0.15, -0.1) is 0 Å². The van der Waals surface area contributed by atoms with Crippen LogP contribution in [0.15, 0.2) is 0 Å². The van der Waals surface area contributed by atoms with Gasteiger partial charge in [0.25, 0.3) is 0 Å². The summed E-state index contributed by atoms with van der Waals surface area (Å²) in [5.74, 6) is 0. The number of hydrogen-bond acceptors (Lipinski definition) is 2. The van der Waals surface area contributed by atoms with Gasteiger partial charge in [0.05, 0.1) is 0 Å². The van der Waals surface area contributed by atoms with E-state index in [-0.39, 0.29) is 23.2 Å². The molecule has 1 heterocycles. The van der Waals surface area contributed by atoms with Crippen LogP contribution in [0.4, 0.5) is 4.79 Å². The lowest BCUT2D eigenvalue weighted by Crippen LogP contribution is -2.67. The summed E-state index contributed by atoms with van der Waals surface area (Å²) in [4.78, 5) is 14.1. The molecule has 1 aliphatic heterocycles. The lowest BCUT2D eigenvalue weighted by Gasteiger charge is -2.54. The van der Waals surface area contributed by atoms with E-state index in [1.54, 1.807) is 0 Å². The topological polar surface area (TPSA) is 58.4 Å². The van der Waals surface area contributed by atoms with Crippen molar-refractivity contribution in [3.05, 3.63) is 0 Å². The van der Waals surface area contributed by atoms with Crippen molar-refractivity contribution in [3.8, 4) is 0 Å². The molecule has 1 fully saturated rings. The second-order valence-electron chi connectivity index (χ2n) is 5.96. The predicted octanol–water partition coefficient (Wildman–Crippen LogP) is 1.70. The van der Waals surface area contributed by atoms with Crippen molar-refractivity contribution in [2.45, 2.75) is 64.6 Å². The van der Waals surface area contributed by atoms with E-state index in [0.717, 1.165) is 12.8 Å². The number of likely N-dealkylation sites (tertiary alicyclic amines) is 1. The normalized spacial score (nSPS) is 24.2. The number of carbonyl (C=O) groups is 1. The van der Waals surface area contributed by atoms with Crippen LogP contribution in [0.25, 0.3) is 0 Å². The zero-order chi connectivity index (χ0) is 12.6. The first-order valence-corrected chi connectivity index (χ1v) is 6.04. The summed E-state index contributed by atoms with van der Waals surface area (Å²) in [6.07, 6.45) is 1.71. The molecule has 0 aromatic carbocycles. The number of rotatable bonds is 1. The molecular formula is C12H25N3O. The molecule has 0 spiro atoms. The van der Waals surface area contributed by atoms with Gasteiger partial charge in [-0.2, -0.15) is 0 Å². The first kappa shape index (κ1) is 13.3. The van der Waals surface area contributed by atoms with E-state index in [2.05, 4.69) is 33.0 Å². The highest BCUT2D eigenvalue weighted by molar-refractivity contribution is 5.76. The van der Waals surface area contributed by atoms with E-state index in [1.807, 2.05) is 11.8 Å². The van der Waals surface area contributed by atoms with E-state index in [9.17, 15) is 4.79 Å². The summed E-state index contributed by atoms with van der Waals surface area (Å²) in [5, 5.41) is 2.89. The molecule has 4 nitrogen and oxygen atoms in total. The number of nitrogens with one attached hydrogen (secondary N) is 1. The quantitative estimate of drug-likeness (QED) is 0.716. The lowest BCUT2D eigenvalue weighted by molar-refractivity contribution is 0.00336. The first-order valence-electron chi connectivity index (χ1n) is 6.04. The first-order chi connectivity index (χ1) is 7.20. The molecule has 94 valence electrons. The second kappa shape index (κ2) is 4.24. The number of hydrogen-bond donors (Lipinski definition) is 2. The number of urea groups is 1. The van der Waals surface area contributed by atoms with Crippen LogP contribution in [0, 0.1) is 0 Å². The Labute approximate surface area is 98.6 Å². The van der Waals surface area contributed by atoms with Gasteiger partial charge in [0.1, 0.15) is 0 Å². The summed E-state index contributed by atoms with van der Waals surface area (Å²) in [7, 11) is 0. The highest BCUT2D eigenvalue weighted by atomic mass is 16.2. The summed E-state index contributed by atoms with van der Waals surface area (Å²) in [6.45, 7) is 10.9. The van der Waals surface area contributed by atoms with Gasteiger partial charge in [-0.25, -0.2) is 4.79 Å². The van der Waals surface area contributed by atoms with Gasteiger partial charge in [0.15, 0.2) is 0 Å². The molecule has 0 aromatic heterocycles. The van der Waals surface area contributed by atoms with Crippen molar-refractivity contribution in [2.75, 3.05) is 6.54 Å². The minimum absolute atomic E-state index is 0.0180. The number of piperidine rings is 1. The Morgan fingerprint density at radius 2 is 1.75 bits per heavy atom. The van der Waals surface area contributed by atoms with E-state index in [0.29, 0.717) is 6.54 Å². The number of amides is 2. The molecule has 3 N–H and O–H groups in total. The van der Waals surface area contributed by atoms with Crippen molar-refractivity contribution < 1.29 is 4.79 Å². The van der Waals surface area contributed by atoms with E-state index in [4.69, 9.17) is 5.73 Å². The molecule has 0 saturated carbocycles. The smallest absolute Gasteiger partial charge is 0.318 e. The standard InChI is InChI=1S/C12H25N3O/c1-6-14-10(16)15-11(2,3)7-9(13)8-12(15,4)5/h9H,6-8,13H2,1-5H3,(H,14,16). The average molecular weight is 227 g/mol. The molecule has 1 saturated heterocycles. The van der Waals surface area contributed by atoms with Crippen LogP contribution in [-0.2, 0) is 0 Å². The van der Waals surface area contributed by atoms with Gasteiger partial charge in [-0.3, -0.25) is 0 Å². The van der Waals surface area contributed by atoms with E-state index in [1.165, 1.54) is 0 Å². The van der Waals surface area contributed by atoms with Gasteiger partial charge in [-0.05, 0) is 47.5 Å². The number of nitrogens with two attached hydrogens (primary N) is 1. The number of carbonyl (C=O) groups excluding carboxylic acids is 1. The molecule has 0 radical (unpaired) electrons. The van der Waals surface area contributed by atoms with Crippen LogP contribution >= 0.6 is 0 Å². The molecule has 16 heavy (non-hydrogen) atoms. The fraction of sp³-hybridized carbons (Fsp3) is 0.917. The van der Waals surface area contributed by atoms with Crippen molar-refractivity contribution >= 4 is 6.03 Å². The zero-order valence-corrected chi connectivity index (χ0v) is 11.1. The molecule has 4 heteroatoms. The van der Waals surface area contributed by atoms with Gasteiger partial charge in [-0.1, -0.05) is 0 Å². The van der Waals surface area contributed by atoms with Crippen LogP contribution in [-0.4, -0.2) is 34.6 Å². The molecule has 0 unspecified atom stereocenters. The third-order valence-electron chi connectivity index (χ3n) is 3.27. The maximum Gasteiger partial charge on any atom is 0.318 e. The Kier molecular flexibility index (Phi) is 3.53. The molecule has 0 aromatic rings. The van der Waals surface area contributed by atoms with Gasteiger partial charge < -0.3 is 16.0 Å². The van der Waals surface area contributed by atoms with E-state index >= 15 is 0 Å². The third kappa shape index (κ3) is 2.48. The van der Waals surface area contributed by atoms with E-state index < -0.39 is 0 Å². The summed E-state index contributed by atoms with van der Waals surface area (Å²) in [6, 6.07) is 0.195. The molecular weight excluding hydrogens is 202 g/mol. The summed E-state index contributed by atoms with van der Waals surface area (Å²) < 4.78 is 0. The second-order valence-corrected chi connectivity index (χ2v) is 5.96. The van der Waals surface area contributed by atoms with Crippen LogP contribution < -0.4 is 11.1 Å². The van der Waals surface area contributed by atoms with Crippen LogP contribution in [0.3, 0.4) is 0 Å². The average Bonchev–Trinajstić information content (AvgIpc) is 1.96. The molecule has 2 amide bonds. The molecule has 1 rings (SSSR count). The SMILES string of the molecule is CCNC(=O)N1C(C)(C)CC(N)CC1(C)C. The highest BCUT2D eigenvalue weighted by Gasteiger charge is 2.46. The fourth-order valence-corrected chi connectivity index (χ4v) is 3.14. The van der Waals surface area contributed by atoms with Crippen molar-refractivity contribution in [2.24, 2.45) is 5.73 Å². The van der Waals surface area contributed by atoms with Crippen molar-refractivity contribution in [1.29, 1.82) is 0 Å². The van der Waals surface area contributed by atoms with Gasteiger partial charge >= 0.3 is 6.03 Å². The Hall–Kier alpha value is -0.770. The van der Waals surface area contributed by atoms with Gasteiger partial charge in [0.2, 0.25) is 0 Å². The lowest BCUT2D eigenvalue weighted by atomic mass is 9.77. The Balaban J connectivity index is 2.97. The van der Waals surface area contributed by atoms with Crippen LogP contribution in [0.1, 0.15) is 47.5 Å². The Morgan fingerprint density at radius 1 is 1.31 bits per heavy atom. The van der Waals surface area contributed by atoms with Gasteiger partial charge in [0, 0.05) is 23.7 Å². The Morgan fingerprint density at radius 3 is 2.12 bits per heavy atom. The van der Waals surface area contributed by atoms with Crippen molar-refractivity contribution in [1.82, 2.24) is 10.2 Å². The zero-order valence-electron chi connectivity index (χ0n) is 11.1. The predicted molar refractivity (Wildman–Crippen MR) is 66.3 cm³/mol. The van der Waals surface area contributed by atoms with Crippen molar-refractivity contribution in [3.63, 3.8) is 0 Å². The minimum Gasteiger partial charge on any atom is -0.338 e. The minimum atomic E-state index is -0.180. The monoisotopic (exact) mass is 227 g/mol. The largest absolute Gasteiger partial charge is 0.338 e. The summed E-state index contributed by atoms with van der Waals surface area (Å²) in [5.41, 5.74) is 5.70. The molecule has 1 aliphatic rings. The molecule has 0 aliphatic carbocycles. The maximum atomic E-state index is 12.1. The number of nitrogens with zero attached hydrogens (tertiary/aromatic N) is 1. The fourth-order valence-electron chi connectivity index (χ4n) is 3.14. The van der Waals surface area contributed by atoms with Crippen LogP contribution in [0.2, 0.25) is 0 Å². The van der Waals surface area contributed by atoms with Crippen LogP contribution in [0.5, 0.6) is 0 Å². The maximum absolute atomic E-state index is 12.1. The molecule has 0 bridgehead atoms.